The Morgan fingerprint density at radius 3 is 2.88 bits per heavy atom. The van der Waals surface area contributed by atoms with Gasteiger partial charge in [0.2, 0.25) is 0 Å². The minimum Gasteiger partial charge on any atom is -0.393 e. The maximum atomic E-state index is 9.43. The zero-order valence-electron chi connectivity index (χ0n) is 11.2. The van der Waals surface area contributed by atoms with Gasteiger partial charge in [-0.05, 0) is 39.2 Å². The number of hydrogen-bond acceptors (Lipinski definition) is 4. The van der Waals surface area contributed by atoms with Crippen LogP contribution >= 0.6 is 0 Å². The molecule has 17 heavy (non-hydrogen) atoms. The lowest BCUT2D eigenvalue weighted by Crippen LogP contribution is -2.33. The fourth-order valence-electron chi connectivity index (χ4n) is 2.46. The van der Waals surface area contributed by atoms with Crippen LogP contribution in [0.2, 0.25) is 0 Å². The number of nitrogens with zero attached hydrogens (tertiary/aromatic N) is 1. The van der Waals surface area contributed by atoms with E-state index >= 15 is 0 Å². The van der Waals surface area contributed by atoms with Gasteiger partial charge in [0.1, 0.15) is 0 Å². The van der Waals surface area contributed by atoms with Gasteiger partial charge in [-0.15, -0.1) is 0 Å². The molecule has 0 bridgehead atoms. The van der Waals surface area contributed by atoms with Crippen molar-refractivity contribution in [3.8, 4) is 0 Å². The average molecular weight is 245 g/mol. The molecule has 2 unspecified atom stereocenters. The molecular formula is C13H27NO3. The Morgan fingerprint density at radius 2 is 2.18 bits per heavy atom. The quantitative estimate of drug-likeness (QED) is 0.621. The van der Waals surface area contributed by atoms with Crippen molar-refractivity contribution in [2.75, 3.05) is 40.0 Å². The van der Waals surface area contributed by atoms with E-state index < -0.39 is 0 Å². The summed E-state index contributed by atoms with van der Waals surface area (Å²) < 4.78 is 10.4. The van der Waals surface area contributed by atoms with E-state index in [2.05, 4.69) is 4.90 Å². The summed E-state index contributed by atoms with van der Waals surface area (Å²) in [5, 5.41) is 9.43. The van der Waals surface area contributed by atoms with Crippen molar-refractivity contribution >= 4 is 0 Å². The van der Waals surface area contributed by atoms with Crippen molar-refractivity contribution < 1.29 is 14.6 Å². The van der Waals surface area contributed by atoms with Gasteiger partial charge < -0.3 is 19.5 Å². The molecule has 1 rings (SSSR count). The Kier molecular flexibility index (Phi) is 7.77. The van der Waals surface area contributed by atoms with E-state index in [1.165, 1.54) is 19.4 Å². The molecule has 1 saturated heterocycles. The van der Waals surface area contributed by atoms with E-state index in [0.29, 0.717) is 19.3 Å². The fraction of sp³-hybridized carbons (Fsp3) is 1.00. The zero-order chi connectivity index (χ0) is 12.5. The summed E-state index contributed by atoms with van der Waals surface area (Å²) in [7, 11) is 1.69. The summed E-state index contributed by atoms with van der Waals surface area (Å²) in [6.07, 6.45) is 4.29. The molecule has 0 amide bonds. The third-order valence-corrected chi connectivity index (χ3v) is 3.28. The Hall–Kier alpha value is -0.160. The Balaban J connectivity index is 2.05. The first-order valence-corrected chi connectivity index (χ1v) is 6.73. The number of aliphatic hydroxyl groups is 1. The van der Waals surface area contributed by atoms with Crippen LogP contribution < -0.4 is 0 Å². The number of ether oxygens (including phenoxy) is 2. The largest absolute Gasteiger partial charge is 0.393 e. The summed E-state index contributed by atoms with van der Waals surface area (Å²) >= 11 is 0. The fourth-order valence-corrected chi connectivity index (χ4v) is 2.46. The highest BCUT2D eigenvalue weighted by Gasteiger charge is 2.24. The van der Waals surface area contributed by atoms with Gasteiger partial charge in [0.15, 0.2) is 0 Å². The summed E-state index contributed by atoms with van der Waals surface area (Å²) in [6.45, 7) is 6.31. The standard InChI is InChI=1S/C13H27NO3/c1-12(15)11-13-5-3-6-14(13)7-4-8-17-10-9-16-2/h12-13,15H,3-11H2,1-2H3. The van der Waals surface area contributed by atoms with Gasteiger partial charge in [0.05, 0.1) is 19.3 Å². The molecule has 1 fully saturated rings. The van der Waals surface area contributed by atoms with Crippen LogP contribution in [0.4, 0.5) is 0 Å². The predicted molar refractivity (Wildman–Crippen MR) is 68.2 cm³/mol. The van der Waals surface area contributed by atoms with Crippen LogP contribution in [0.25, 0.3) is 0 Å². The molecular weight excluding hydrogens is 218 g/mol. The molecule has 102 valence electrons. The van der Waals surface area contributed by atoms with E-state index in [1.54, 1.807) is 7.11 Å². The minimum absolute atomic E-state index is 0.182. The first kappa shape index (κ1) is 14.9. The Morgan fingerprint density at radius 1 is 1.35 bits per heavy atom. The number of rotatable bonds is 9. The average Bonchev–Trinajstić information content (AvgIpc) is 2.70. The first-order valence-electron chi connectivity index (χ1n) is 6.73. The van der Waals surface area contributed by atoms with Gasteiger partial charge in [-0.25, -0.2) is 0 Å². The minimum atomic E-state index is -0.182. The van der Waals surface area contributed by atoms with E-state index in [-0.39, 0.29) is 6.10 Å². The van der Waals surface area contributed by atoms with Crippen LogP contribution in [0.5, 0.6) is 0 Å². The maximum absolute atomic E-state index is 9.43. The lowest BCUT2D eigenvalue weighted by molar-refractivity contribution is 0.0627. The van der Waals surface area contributed by atoms with Gasteiger partial charge >= 0.3 is 0 Å². The number of hydrogen-bond donors (Lipinski definition) is 1. The number of aliphatic hydroxyl groups excluding tert-OH is 1. The highest BCUT2D eigenvalue weighted by Crippen LogP contribution is 2.21. The number of methoxy groups -OCH3 is 1. The van der Waals surface area contributed by atoms with Crippen molar-refractivity contribution in [3.05, 3.63) is 0 Å². The van der Waals surface area contributed by atoms with Gasteiger partial charge in [-0.1, -0.05) is 0 Å². The van der Waals surface area contributed by atoms with Crippen LogP contribution in [0.1, 0.15) is 32.6 Å². The lowest BCUT2D eigenvalue weighted by Gasteiger charge is -2.25. The highest BCUT2D eigenvalue weighted by molar-refractivity contribution is 4.80. The Labute approximate surface area is 105 Å². The molecule has 2 atom stereocenters. The summed E-state index contributed by atoms with van der Waals surface area (Å²) in [4.78, 5) is 2.49. The second-order valence-electron chi connectivity index (χ2n) is 4.88. The smallest absolute Gasteiger partial charge is 0.0700 e. The van der Waals surface area contributed by atoms with Crippen molar-refractivity contribution in [1.29, 1.82) is 0 Å². The molecule has 0 aromatic rings. The predicted octanol–water partition coefficient (Wildman–Crippen LogP) is 1.27. The molecule has 1 aliphatic rings. The van der Waals surface area contributed by atoms with Crippen molar-refractivity contribution in [2.24, 2.45) is 0 Å². The molecule has 0 aromatic heterocycles. The summed E-state index contributed by atoms with van der Waals surface area (Å²) in [5.41, 5.74) is 0. The molecule has 1 heterocycles. The zero-order valence-corrected chi connectivity index (χ0v) is 11.2. The van der Waals surface area contributed by atoms with Crippen LogP contribution in [0.15, 0.2) is 0 Å². The van der Waals surface area contributed by atoms with E-state index in [0.717, 1.165) is 26.0 Å². The summed E-state index contributed by atoms with van der Waals surface area (Å²) in [6, 6.07) is 0.578. The third kappa shape index (κ3) is 6.36. The van der Waals surface area contributed by atoms with Crippen molar-refractivity contribution in [3.63, 3.8) is 0 Å². The van der Waals surface area contributed by atoms with Crippen LogP contribution in [0, 0.1) is 0 Å². The van der Waals surface area contributed by atoms with E-state index in [4.69, 9.17) is 9.47 Å². The SMILES string of the molecule is COCCOCCCN1CCCC1CC(C)O. The molecule has 4 nitrogen and oxygen atoms in total. The van der Waals surface area contributed by atoms with Gasteiger partial charge in [0.25, 0.3) is 0 Å². The molecule has 1 aliphatic heterocycles. The monoisotopic (exact) mass is 245 g/mol. The second-order valence-corrected chi connectivity index (χ2v) is 4.88. The lowest BCUT2D eigenvalue weighted by atomic mass is 10.1. The third-order valence-electron chi connectivity index (χ3n) is 3.28. The van der Waals surface area contributed by atoms with Crippen molar-refractivity contribution in [1.82, 2.24) is 4.90 Å². The molecule has 4 heteroatoms. The van der Waals surface area contributed by atoms with Crippen LogP contribution in [-0.2, 0) is 9.47 Å². The van der Waals surface area contributed by atoms with Crippen LogP contribution in [-0.4, -0.2) is 62.2 Å². The molecule has 0 saturated carbocycles. The highest BCUT2D eigenvalue weighted by atomic mass is 16.5. The van der Waals surface area contributed by atoms with Gasteiger partial charge in [-0.3, -0.25) is 0 Å². The first-order chi connectivity index (χ1) is 8.24. The normalized spacial score (nSPS) is 23.1. The molecule has 0 radical (unpaired) electrons. The van der Waals surface area contributed by atoms with Gasteiger partial charge in [-0.2, -0.15) is 0 Å². The summed E-state index contributed by atoms with van der Waals surface area (Å²) in [5.74, 6) is 0. The Bertz CT molecular complexity index is 188. The van der Waals surface area contributed by atoms with Crippen LogP contribution in [0.3, 0.4) is 0 Å². The topological polar surface area (TPSA) is 41.9 Å². The van der Waals surface area contributed by atoms with E-state index in [9.17, 15) is 5.11 Å². The van der Waals surface area contributed by atoms with Gasteiger partial charge in [0, 0.05) is 26.3 Å². The molecule has 0 aromatic carbocycles. The maximum Gasteiger partial charge on any atom is 0.0700 e. The van der Waals surface area contributed by atoms with Crippen molar-refractivity contribution in [2.45, 2.75) is 44.8 Å². The molecule has 0 spiro atoms. The second kappa shape index (κ2) is 8.86. The van der Waals surface area contributed by atoms with E-state index in [1.807, 2.05) is 6.92 Å². The number of likely N-dealkylation sites (tertiary alicyclic amines) is 1. The molecule has 0 aliphatic carbocycles. The molecule has 1 N–H and O–H groups in total.